The van der Waals surface area contributed by atoms with Gasteiger partial charge < -0.3 is 10.1 Å². The second-order valence-electron chi connectivity index (χ2n) is 17.7. The predicted octanol–water partition coefficient (Wildman–Crippen LogP) is 13.7. The number of aromatic hydroxyl groups is 1. The molecule has 1 N–H and O–H groups in total. The number of aromatic nitrogens is 1. The second-order valence-corrected chi connectivity index (χ2v) is 20.2. The van der Waals surface area contributed by atoms with Crippen molar-refractivity contribution in [3.05, 3.63) is 104 Å². The molecular weight excluding hydrogens is 799 g/mol. The summed E-state index contributed by atoms with van der Waals surface area (Å²) in [6.07, 6.45) is 20.2. The zero-order valence-electron chi connectivity index (χ0n) is 34.6. The molecule has 55 heavy (non-hydrogen) atoms. The van der Waals surface area contributed by atoms with Gasteiger partial charge in [-0.2, -0.15) is 11.4 Å². The third-order valence-corrected chi connectivity index (χ3v) is 16.7. The Balaban J connectivity index is 0.000000154. The predicted molar refractivity (Wildman–Crippen MR) is 231 cm³/mol. The van der Waals surface area contributed by atoms with E-state index in [0.717, 1.165) is 60.4 Å². The van der Waals surface area contributed by atoms with Gasteiger partial charge in [0.1, 0.15) is 5.75 Å². The Morgan fingerprint density at radius 1 is 0.855 bits per heavy atom. The molecule has 0 radical (unpaired) electrons. The van der Waals surface area contributed by atoms with Gasteiger partial charge in [0.05, 0.1) is 10.4 Å². The Morgan fingerprint density at radius 2 is 1.44 bits per heavy atom. The van der Waals surface area contributed by atoms with Crippen molar-refractivity contribution in [2.75, 3.05) is 0 Å². The van der Waals surface area contributed by atoms with Crippen LogP contribution in [0.1, 0.15) is 145 Å². The van der Waals surface area contributed by atoms with Crippen molar-refractivity contribution >= 4 is 33.2 Å². The summed E-state index contributed by atoms with van der Waals surface area (Å²) in [6, 6.07) is 16.9. The van der Waals surface area contributed by atoms with Crippen molar-refractivity contribution in [1.82, 2.24) is 4.98 Å². The Labute approximate surface area is 351 Å². The molecule has 3 nitrogen and oxygen atoms in total. The van der Waals surface area contributed by atoms with Crippen molar-refractivity contribution in [1.29, 1.82) is 0 Å². The average molecular weight is 865 g/mol. The summed E-state index contributed by atoms with van der Waals surface area (Å²) >= 11 is 12.7. The van der Waals surface area contributed by atoms with Crippen LogP contribution >= 0.6 is 23.2 Å². The van der Waals surface area contributed by atoms with E-state index in [4.69, 9.17) is 26.7 Å². The fraction of sp³-hybridized carbons (Fsp3) is 0.571. The number of rotatable bonds is 4. The van der Waals surface area contributed by atoms with E-state index in [1.807, 2.05) is 45.9 Å². The standard InChI is InChI=1S/C21H24Cl2O.C10H15N.C10H12.C6H8N.C2H6.Mo/c1-12-17(22)10-13-6-2-4-8-15(13)19(12)20-16-9-5-3-7-14(16)11-18(23)21(20)24;11-10-4-7-1-8(5-10)3-9(2-7)6-10;1-10(2,3)9-7-5-4-6-8-9;1-5-3-4-6(2)7-5;1-2;/h10-12,17,24H,2-9H2,1H3;7-9H,1-6H2;1,4-8H,2-3H3;3-4H,1-2H3;1-2H3;/q;;;-1;;/t12-,17-;;;;;/m0...../s1. The van der Waals surface area contributed by atoms with E-state index < -0.39 is 0 Å². The molecule has 1 aromatic heterocycles. The zero-order chi connectivity index (χ0) is 39.3. The van der Waals surface area contributed by atoms with Crippen molar-refractivity contribution in [2.24, 2.45) is 27.2 Å². The molecule has 298 valence electrons. The van der Waals surface area contributed by atoms with Crippen LogP contribution in [0.2, 0.25) is 5.02 Å². The molecule has 1 heterocycles. The van der Waals surface area contributed by atoms with Crippen LogP contribution in [0, 0.1) is 37.5 Å². The van der Waals surface area contributed by atoms with Crippen molar-refractivity contribution in [2.45, 2.75) is 155 Å². The number of hydrogen-bond donors (Lipinski definition) is 1. The quantitative estimate of drug-likeness (QED) is 0.210. The van der Waals surface area contributed by atoms with Gasteiger partial charge in [-0.15, -0.1) is 11.6 Å². The van der Waals surface area contributed by atoms with Crippen LogP contribution in [-0.4, -0.2) is 20.4 Å². The molecule has 0 amide bonds. The van der Waals surface area contributed by atoms with Crippen LogP contribution in [0.3, 0.4) is 0 Å². The summed E-state index contributed by atoms with van der Waals surface area (Å²) in [5.41, 5.74) is 12.0. The Hall–Kier alpha value is -2.06. The topological polar surface area (TPSA) is 46.7 Å². The first-order valence-corrected chi connectivity index (χ1v) is 24.2. The fourth-order valence-corrected chi connectivity index (χ4v) is 13.4. The van der Waals surface area contributed by atoms with Crippen molar-refractivity contribution < 1.29 is 23.0 Å². The molecule has 5 saturated carbocycles. The van der Waals surface area contributed by atoms with Gasteiger partial charge in [0.2, 0.25) is 0 Å². The molecule has 5 fully saturated rings. The molecule has 6 heteroatoms. The van der Waals surface area contributed by atoms with E-state index >= 15 is 0 Å². The smallest absolute Gasteiger partial charge is 0.141 e. The summed E-state index contributed by atoms with van der Waals surface area (Å²) in [4.78, 5) is 4.11. The van der Waals surface area contributed by atoms with E-state index in [9.17, 15) is 5.11 Å². The first-order chi connectivity index (χ1) is 26.4. The molecule has 4 bridgehead atoms. The summed E-state index contributed by atoms with van der Waals surface area (Å²) in [5, 5.41) is 11.4. The minimum absolute atomic E-state index is 0.00512. The maximum atomic E-state index is 10.9. The fourth-order valence-electron chi connectivity index (χ4n) is 10.7. The number of phenolic OH excluding ortho intramolecular Hbond substituents is 1. The number of alkyl halides is 1. The van der Waals surface area contributed by atoms with Crippen molar-refractivity contribution in [3.63, 3.8) is 0 Å². The average Bonchev–Trinajstić information content (AvgIpc) is 3.56. The Morgan fingerprint density at radius 3 is 2.04 bits per heavy atom. The van der Waals surface area contributed by atoms with E-state index in [2.05, 4.69) is 66.6 Å². The number of benzene rings is 2. The maximum Gasteiger partial charge on any atom is 0.141 e. The van der Waals surface area contributed by atoms with E-state index in [-0.39, 0.29) is 40.4 Å². The molecule has 7 aliphatic rings. The summed E-state index contributed by atoms with van der Waals surface area (Å²) < 4.78 is 7.96. The van der Waals surface area contributed by atoms with Crippen LogP contribution in [0.5, 0.6) is 5.75 Å². The number of nitrogens with zero attached hydrogens (tertiary/aromatic N) is 2. The van der Waals surface area contributed by atoms with Gasteiger partial charge in [0.25, 0.3) is 0 Å². The van der Waals surface area contributed by atoms with Gasteiger partial charge in [0.15, 0.2) is 0 Å². The number of phenols is 1. The number of fused-ring (bicyclic) bond motifs is 2. The van der Waals surface area contributed by atoms with Gasteiger partial charge >= 0.3 is 143 Å². The normalized spacial score (nSPS) is 27.4. The molecule has 10 rings (SSSR count). The molecule has 0 unspecified atom stereocenters. The van der Waals surface area contributed by atoms with Crippen LogP contribution in [-0.2, 0) is 36.2 Å². The number of hydrogen-bond acceptors (Lipinski definition) is 2. The summed E-state index contributed by atoms with van der Waals surface area (Å²) in [6.45, 7) is 14.9. The van der Waals surface area contributed by atoms with Gasteiger partial charge in [-0.25, -0.2) is 0 Å². The van der Waals surface area contributed by atoms with E-state index in [1.165, 1.54) is 97.6 Å². The van der Waals surface area contributed by atoms with Gasteiger partial charge in [0, 0.05) is 11.5 Å². The largest absolute Gasteiger partial charge is 0.665 e. The number of aryl methyl sites for hydroxylation is 3. The second kappa shape index (κ2) is 18.7. The van der Waals surface area contributed by atoms with E-state index in [0.29, 0.717) is 10.6 Å². The first-order valence-electron chi connectivity index (χ1n) is 21.4. The van der Waals surface area contributed by atoms with Crippen LogP contribution in [0.4, 0.5) is 0 Å². The molecule has 2 aromatic carbocycles. The zero-order valence-corrected chi connectivity index (χ0v) is 38.1. The maximum absolute atomic E-state index is 10.9. The van der Waals surface area contributed by atoms with Crippen LogP contribution < -0.4 is 4.98 Å². The third kappa shape index (κ3) is 9.98. The minimum atomic E-state index is -0.353. The molecule has 3 aromatic rings. The Bertz CT molecular complexity index is 1860. The van der Waals surface area contributed by atoms with Crippen LogP contribution in [0.15, 0.2) is 69.2 Å². The minimum Gasteiger partial charge on any atom is -0.665 e. The Kier molecular flexibility index (Phi) is 14.4. The molecule has 0 saturated heterocycles. The molecule has 0 aliphatic heterocycles. The third-order valence-electron chi connectivity index (χ3n) is 13.0. The van der Waals surface area contributed by atoms with Gasteiger partial charge in [-0.3, -0.25) is 0 Å². The van der Waals surface area contributed by atoms with Gasteiger partial charge in [-0.1, -0.05) is 64.4 Å². The summed E-state index contributed by atoms with van der Waals surface area (Å²) in [5.74, 6) is 3.53. The van der Waals surface area contributed by atoms with Gasteiger partial charge in [-0.05, 0) is 85.3 Å². The summed E-state index contributed by atoms with van der Waals surface area (Å²) in [7, 11) is 0. The molecule has 2 atom stereocenters. The molecule has 0 spiro atoms. The van der Waals surface area contributed by atoms with Crippen LogP contribution in [0.25, 0.3) is 5.57 Å². The number of allylic oxidation sites excluding steroid dienone is 4. The molecular formula is C49H65Cl2MoN2O-. The monoisotopic (exact) mass is 865 g/mol. The first kappa shape index (κ1) is 42.5. The number of halogens is 2. The molecule has 7 aliphatic carbocycles. The van der Waals surface area contributed by atoms with E-state index in [1.54, 1.807) is 0 Å². The van der Waals surface area contributed by atoms with Crippen molar-refractivity contribution in [3.8, 4) is 5.75 Å². The SMILES string of the molecule is CC.CC(C)([CH]=[Mo]=[N]C12CC3CC(CC(C3)C1)C2)c1ccccc1.C[C@@H]1C(c2c(O)c(Cl)cc3c2CCCC3)=C2CCCCC2=C[C@@H]1Cl.Cc1ccc(C)[n-]1.